The first-order valence-electron chi connectivity index (χ1n) is 10.9. The molecule has 2 aromatic rings. The van der Waals surface area contributed by atoms with E-state index in [1.807, 2.05) is 0 Å². The van der Waals surface area contributed by atoms with Gasteiger partial charge in [0.1, 0.15) is 4.21 Å². The molecule has 0 saturated heterocycles. The average Bonchev–Trinajstić information content (AvgIpc) is 3.28. The lowest BCUT2D eigenvalue weighted by molar-refractivity contribution is -0.116. The van der Waals surface area contributed by atoms with Crippen LogP contribution in [0.1, 0.15) is 66.7 Å². The fourth-order valence-electron chi connectivity index (χ4n) is 4.58. The van der Waals surface area contributed by atoms with Crippen molar-refractivity contribution in [1.82, 2.24) is 0 Å². The molecule has 0 unspecified atom stereocenters. The Morgan fingerprint density at radius 3 is 2.60 bits per heavy atom. The summed E-state index contributed by atoms with van der Waals surface area (Å²) in [4.78, 5) is 13.6. The van der Waals surface area contributed by atoms with E-state index in [9.17, 15) is 14.1 Å². The van der Waals surface area contributed by atoms with Gasteiger partial charge in [0.05, 0.1) is 21.1 Å². The molecule has 0 amide bonds. The number of rotatable bonds is 8. The van der Waals surface area contributed by atoms with E-state index in [2.05, 4.69) is 12.1 Å². The molecule has 4 nitrogen and oxygen atoms in total. The Balaban J connectivity index is 1.53. The monoisotopic (exact) mass is 445 g/mol. The first-order valence-corrected chi connectivity index (χ1v) is 13.4. The van der Waals surface area contributed by atoms with Crippen LogP contribution in [0, 0.1) is 10.7 Å². The van der Waals surface area contributed by atoms with Gasteiger partial charge in [-0.25, -0.2) is 8.99 Å². The lowest BCUT2D eigenvalue weighted by atomic mass is 9.79. The molecule has 1 heterocycles. The average molecular weight is 446 g/mol. The molecule has 6 heteroatoms. The minimum atomic E-state index is -3.20. The smallest absolute Gasteiger partial charge is 0.151 e. The van der Waals surface area contributed by atoms with Crippen LogP contribution < -0.4 is 0 Å². The van der Waals surface area contributed by atoms with Crippen molar-refractivity contribution in [1.29, 1.82) is 4.78 Å². The molecule has 1 aromatic carbocycles. The van der Waals surface area contributed by atoms with Gasteiger partial charge in [-0.1, -0.05) is 31.4 Å². The van der Waals surface area contributed by atoms with Crippen molar-refractivity contribution in [2.75, 3.05) is 5.75 Å². The quantitative estimate of drug-likeness (QED) is 0.598. The minimum absolute atomic E-state index is 0.122. The highest BCUT2D eigenvalue weighted by molar-refractivity contribution is 7.95. The number of aryl methyl sites for hydroxylation is 1. The zero-order valence-electron chi connectivity index (χ0n) is 17.8. The number of nitrogens with one attached hydrogen (secondary N) is 1. The summed E-state index contributed by atoms with van der Waals surface area (Å²) in [7, 11) is -3.20. The number of hydrogen-bond acceptors (Lipinski definition) is 5. The van der Waals surface area contributed by atoms with Crippen molar-refractivity contribution in [3.05, 3.63) is 51.4 Å². The first kappa shape index (κ1) is 21.7. The summed E-state index contributed by atoms with van der Waals surface area (Å²) in [6.45, 7) is 3.33. The molecular formula is C24H31NO3S2. The molecule has 1 atom stereocenters. The molecule has 4 rings (SSSR count). The minimum Gasteiger partial charge on any atom is -0.385 e. The van der Waals surface area contributed by atoms with Crippen LogP contribution in [0.4, 0.5) is 0 Å². The highest BCUT2D eigenvalue weighted by Gasteiger charge is 2.26. The SMILES string of the molecule is CC(C)(O)c1ccc([S@](=N)(=O)CC(=O)Cc2c(CC3CCC3)ccc3c2CCC3)s1. The van der Waals surface area contributed by atoms with Crippen molar-refractivity contribution in [2.45, 2.75) is 75.0 Å². The van der Waals surface area contributed by atoms with Gasteiger partial charge < -0.3 is 5.11 Å². The van der Waals surface area contributed by atoms with Crippen LogP contribution in [0.25, 0.3) is 0 Å². The number of thiophene rings is 1. The highest BCUT2D eigenvalue weighted by Crippen LogP contribution is 2.35. The van der Waals surface area contributed by atoms with E-state index < -0.39 is 15.3 Å². The third-order valence-electron chi connectivity index (χ3n) is 6.48. The third kappa shape index (κ3) is 4.56. The van der Waals surface area contributed by atoms with Crippen LogP contribution in [0.3, 0.4) is 0 Å². The second-order valence-corrected chi connectivity index (χ2v) is 12.8. The normalized spacial score (nSPS) is 18.6. The number of ketones is 1. The van der Waals surface area contributed by atoms with E-state index in [-0.39, 0.29) is 18.0 Å². The highest BCUT2D eigenvalue weighted by atomic mass is 32.2. The van der Waals surface area contributed by atoms with Gasteiger partial charge in [-0.3, -0.25) is 4.79 Å². The van der Waals surface area contributed by atoms with E-state index in [1.165, 1.54) is 47.3 Å². The van der Waals surface area contributed by atoms with E-state index in [0.717, 1.165) is 37.2 Å². The number of carbonyl (C=O) groups is 1. The lowest BCUT2D eigenvalue weighted by Crippen LogP contribution is -2.20. The summed E-state index contributed by atoms with van der Waals surface area (Å²) in [6.07, 6.45) is 8.39. The van der Waals surface area contributed by atoms with Crippen LogP contribution in [0.15, 0.2) is 28.5 Å². The Morgan fingerprint density at radius 2 is 1.97 bits per heavy atom. The zero-order chi connectivity index (χ0) is 21.5. The van der Waals surface area contributed by atoms with Crippen molar-refractivity contribution in [2.24, 2.45) is 5.92 Å². The number of Topliss-reactive ketones (excluding diaryl/α,β-unsaturated/α-hetero) is 1. The summed E-state index contributed by atoms with van der Waals surface area (Å²) in [6, 6.07) is 7.78. The van der Waals surface area contributed by atoms with E-state index in [4.69, 9.17) is 4.78 Å². The summed E-state index contributed by atoms with van der Waals surface area (Å²) in [5.74, 6) is 0.346. The van der Waals surface area contributed by atoms with Gasteiger partial charge in [0, 0.05) is 11.3 Å². The maximum atomic E-state index is 13.1. The molecule has 0 radical (unpaired) electrons. The molecule has 2 aliphatic carbocycles. The Labute approximate surface area is 183 Å². The Morgan fingerprint density at radius 1 is 1.20 bits per heavy atom. The molecule has 1 aromatic heterocycles. The lowest BCUT2D eigenvalue weighted by Gasteiger charge is -2.27. The molecule has 0 bridgehead atoms. The number of carbonyl (C=O) groups excluding carboxylic acids is 1. The van der Waals surface area contributed by atoms with Gasteiger partial charge in [0.25, 0.3) is 0 Å². The fraction of sp³-hybridized carbons (Fsp3) is 0.542. The number of aliphatic hydroxyl groups is 1. The Hall–Kier alpha value is -1.50. The Kier molecular flexibility index (Phi) is 5.94. The molecule has 30 heavy (non-hydrogen) atoms. The van der Waals surface area contributed by atoms with Gasteiger partial charge in [0.15, 0.2) is 5.78 Å². The van der Waals surface area contributed by atoms with Gasteiger partial charge in [0.2, 0.25) is 0 Å². The molecule has 162 valence electrons. The second-order valence-electron chi connectivity index (χ2n) is 9.41. The first-order chi connectivity index (χ1) is 14.1. The third-order valence-corrected chi connectivity index (χ3v) is 10.2. The van der Waals surface area contributed by atoms with Gasteiger partial charge >= 0.3 is 0 Å². The molecule has 0 spiro atoms. The van der Waals surface area contributed by atoms with Crippen molar-refractivity contribution in [3.8, 4) is 0 Å². The maximum absolute atomic E-state index is 13.1. The molecule has 0 aliphatic heterocycles. The number of benzene rings is 1. The predicted molar refractivity (Wildman–Crippen MR) is 122 cm³/mol. The van der Waals surface area contributed by atoms with Crippen molar-refractivity contribution >= 4 is 26.8 Å². The molecule has 2 aliphatic rings. The van der Waals surface area contributed by atoms with Crippen molar-refractivity contribution < 1.29 is 14.1 Å². The van der Waals surface area contributed by atoms with Crippen LogP contribution in [-0.2, 0) is 45.8 Å². The van der Waals surface area contributed by atoms with E-state index >= 15 is 0 Å². The zero-order valence-corrected chi connectivity index (χ0v) is 19.5. The standard InChI is InChI=1S/C24H31NO3S2/c1-24(2,27)22-11-12-23(29-22)30(25,28)15-19(26)14-21-18(13-16-5-3-6-16)10-9-17-7-4-8-20(17)21/h9-12,16,25,27H,3-8,13-15H2,1-2H3/t30-/m1/s1. The Bertz CT molecular complexity index is 1060. The summed E-state index contributed by atoms with van der Waals surface area (Å²) < 4.78 is 21.8. The largest absolute Gasteiger partial charge is 0.385 e. The number of fused-ring (bicyclic) bond motifs is 1. The van der Waals surface area contributed by atoms with Crippen LogP contribution in [-0.4, -0.2) is 20.9 Å². The predicted octanol–water partition coefficient (Wildman–Crippen LogP) is 5.02. The van der Waals surface area contributed by atoms with E-state index in [1.54, 1.807) is 26.0 Å². The van der Waals surface area contributed by atoms with Crippen LogP contribution in [0.5, 0.6) is 0 Å². The molecule has 2 N–H and O–H groups in total. The summed E-state index contributed by atoms with van der Waals surface area (Å²) >= 11 is 1.17. The molecule has 1 fully saturated rings. The summed E-state index contributed by atoms with van der Waals surface area (Å²) in [5.41, 5.74) is 4.08. The topological polar surface area (TPSA) is 78.2 Å². The van der Waals surface area contributed by atoms with Gasteiger partial charge in [-0.15, -0.1) is 11.3 Å². The maximum Gasteiger partial charge on any atom is 0.151 e. The molecular weight excluding hydrogens is 414 g/mol. The summed E-state index contributed by atoms with van der Waals surface area (Å²) in [5, 5.41) is 10.2. The number of hydrogen-bond donors (Lipinski definition) is 2. The van der Waals surface area contributed by atoms with E-state index in [0.29, 0.717) is 9.09 Å². The van der Waals surface area contributed by atoms with Gasteiger partial charge in [-0.2, -0.15) is 0 Å². The second kappa shape index (κ2) is 8.21. The van der Waals surface area contributed by atoms with Crippen LogP contribution >= 0.6 is 11.3 Å². The van der Waals surface area contributed by atoms with Crippen molar-refractivity contribution in [3.63, 3.8) is 0 Å². The van der Waals surface area contributed by atoms with Crippen LogP contribution in [0.2, 0.25) is 0 Å². The fourth-order valence-corrected chi connectivity index (χ4v) is 7.29. The van der Waals surface area contributed by atoms with Gasteiger partial charge in [-0.05, 0) is 79.8 Å². The molecule has 1 saturated carbocycles.